The predicted octanol–water partition coefficient (Wildman–Crippen LogP) is 3.19. The van der Waals surface area contributed by atoms with Crippen LogP contribution in [-0.4, -0.2) is 28.7 Å². The van der Waals surface area contributed by atoms with Crippen LogP contribution in [0, 0.1) is 0 Å². The average molecular weight is 416 g/mol. The molecule has 1 aliphatic heterocycles. The van der Waals surface area contributed by atoms with Crippen molar-refractivity contribution in [1.29, 1.82) is 0 Å². The van der Waals surface area contributed by atoms with Gasteiger partial charge >= 0.3 is 0 Å². The highest BCUT2D eigenvalue weighted by molar-refractivity contribution is 6.09. The highest BCUT2D eigenvalue weighted by atomic mass is 16.2. The van der Waals surface area contributed by atoms with Gasteiger partial charge in [0.2, 0.25) is 11.8 Å². The molecule has 3 aromatic rings. The number of benzene rings is 2. The predicted molar refractivity (Wildman–Crippen MR) is 118 cm³/mol. The van der Waals surface area contributed by atoms with Crippen LogP contribution in [0.15, 0.2) is 48.5 Å². The number of para-hydroxylation sites is 2. The highest BCUT2D eigenvalue weighted by Gasteiger charge is 2.29. The standard InChI is InChI=1S/C24H24N4O3/c29-21(13-12-20-24(31)27-18-10-4-2-7-16(18)23(30)28-20)25-19-11-5-8-15-14-6-1-3-9-17(14)26-22(15)19/h1-4,6-7,9-10,19-20,26H,5,8,11-13H2,(H,25,29)(H,27,31)(H,28,30)/t19-,20+/m1/s1. The summed E-state index contributed by atoms with van der Waals surface area (Å²) in [6, 6.07) is 14.3. The molecule has 7 heteroatoms. The number of hydrogen-bond donors (Lipinski definition) is 4. The van der Waals surface area contributed by atoms with Crippen molar-refractivity contribution >= 4 is 34.3 Å². The summed E-state index contributed by atoms with van der Waals surface area (Å²) in [6.45, 7) is 0. The van der Waals surface area contributed by atoms with Gasteiger partial charge in [-0.25, -0.2) is 0 Å². The Labute approximate surface area is 179 Å². The lowest BCUT2D eigenvalue weighted by Crippen LogP contribution is -2.42. The first kappa shape index (κ1) is 19.4. The lowest BCUT2D eigenvalue weighted by atomic mass is 9.91. The molecule has 3 amide bonds. The van der Waals surface area contributed by atoms with E-state index in [9.17, 15) is 14.4 Å². The van der Waals surface area contributed by atoms with Gasteiger partial charge in [0.1, 0.15) is 6.04 Å². The molecule has 2 heterocycles. The zero-order chi connectivity index (χ0) is 21.4. The molecular weight excluding hydrogens is 392 g/mol. The second kappa shape index (κ2) is 7.91. The third-order valence-electron chi connectivity index (χ3n) is 6.16. The minimum absolute atomic E-state index is 0.0644. The molecule has 0 saturated heterocycles. The molecular formula is C24H24N4O3. The lowest BCUT2D eigenvalue weighted by Gasteiger charge is -2.24. The van der Waals surface area contributed by atoms with E-state index < -0.39 is 6.04 Å². The van der Waals surface area contributed by atoms with Crippen molar-refractivity contribution < 1.29 is 14.4 Å². The van der Waals surface area contributed by atoms with Crippen LogP contribution in [0.25, 0.3) is 10.9 Å². The zero-order valence-corrected chi connectivity index (χ0v) is 17.0. The summed E-state index contributed by atoms with van der Waals surface area (Å²) >= 11 is 0. The van der Waals surface area contributed by atoms with Crippen molar-refractivity contribution in [3.8, 4) is 0 Å². The molecule has 4 N–H and O–H groups in total. The minimum atomic E-state index is -0.749. The van der Waals surface area contributed by atoms with Crippen LogP contribution in [0.1, 0.15) is 53.3 Å². The van der Waals surface area contributed by atoms with Gasteiger partial charge in [0.05, 0.1) is 17.3 Å². The average Bonchev–Trinajstić information content (AvgIpc) is 3.11. The second-order valence-electron chi connectivity index (χ2n) is 8.17. The molecule has 158 valence electrons. The summed E-state index contributed by atoms with van der Waals surface area (Å²) in [6.07, 6.45) is 3.28. The summed E-state index contributed by atoms with van der Waals surface area (Å²) < 4.78 is 0. The molecule has 2 aromatic carbocycles. The highest BCUT2D eigenvalue weighted by Crippen LogP contribution is 2.34. The van der Waals surface area contributed by atoms with Crippen molar-refractivity contribution in [2.24, 2.45) is 0 Å². The van der Waals surface area contributed by atoms with Crippen LogP contribution >= 0.6 is 0 Å². The first-order chi connectivity index (χ1) is 15.1. The van der Waals surface area contributed by atoms with E-state index in [1.807, 2.05) is 12.1 Å². The van der Waals surface area contributed by atoms with Crippen molar-refractivity contribution in [2.75, 3.05) is 5.32 Å². The number of aryl methyl sites for hydroxylation is 1. The fraction of sp³-hybridized carbons (Fsp3) is 0.292. The molecule has 2 aliphatic rings. The van der Waals surface area contributed by atoms with E-state index in [-0.39, 0.29) is 36.6 Å². The van der Waals surface area contributed by atoms with E-state index in [4.69, 9.17) is 0 Å². The Morgan fingerprint density at radius 3 is 2.77 bits per heavy atom. The number of aromatic amines is 1. The van der Waals surface area contributed by atoms with Gasteiger partial charge in [-0.3, -0.25) is 14.4 Å². The number of nitrogens with one attached hydrogen (secondary N) is 4. The van der Waals surface area contributed by atoms with Crippen LogP contribution < -0.4 is 16.0 Å². The lowest BCUT2D eigenvalue weighted by molar-refractivity contribution is -0.122. The van der Waals surface area contributed by atoms with E-state index in [1.54, 1.807) is 24.3 Å². The second-order valence-corrected chi connectivity index (χ2v) is 8.17. The summed E-state index contributed by atoms with van der Waals surface area (Å²) in [4.78, 5) is 41.1. The van der Waals surface area contributed by atoms with Gasteiger partial charge in [0, 0.05) is 23.0 Å². The molecule has 1 aromatic heterocycles. The molecule has 0 radical (unpaired) electrons. The van der Waals surface area contributed by atoms with Crippen LogP contribution in [0.4, 0.5) is 5.69 Å². The minimum Gasteiger partial charge on any atom is -0.356 e. The summed E-state index contributed by atoms with van der Waals surface area (Å²) in [5.41, 5.74) is 4.37. The maximum Gasteiger partial charge on any atom is 0.254 e. The third kappa shape index (κ3) is 3.67. The largest absolute Gasteiger partial charge is 0.356 e. The Bertz CT molecular complexity index is 1180. The maximum atomic E-state index is 12.7. The van der Waals surface area contributed by atoms with Gasteiger partial charge in [-0.1, -0.05) is 30.3 Å². The van der Waals surface area contributed by atoms with Gasteiger partial charge < -0.3 is 20.9 Å². The molecule has 0 bridgehead atoms. The first-order valence-corrected chi connectivity index (χ1v) is 10.7. The SMILES string of the molecule is O=C(CC[C@@H]1NC(=O)c2ccccc2NC1=O)N[C@@H]1CCCc2c1[nH]c1ccccc21. The number of aromatic nitrogens is 1. The number of carbonyl (C=O) groups excluding carboxylic acids is 3. The van der Waals surface area contributed by atoms with Crippen molar-refractivity contribution in [2.45, 2.75) is 44.2 Å². The molecule has 2 atom stereocenters. The number of rotatable bonds is 4. The summed E-state index contributed by atoms with van der Waals surface area (Å²) in [5, 5.41) is 9.85. The van der Waals surface area contributed by atoms with Crippen LogP contribution in [0.2, 0.25) is 0 Å². The maximum absolute atomic E-state index is 12.7. The van der Waals surface area contributed by atoms with E-state index >= 15 is 0 Å². The summed E-state index contributed by atoms with van der Waals surface area (Å²) in [5.74, 6) is -0.739. The first-order valence-electron chi connectivity index (χ1n) is 10.7. The van der Waals surface area contributed by atoms with E-state index in [2.05, 4.69) is 33.1 Å². The van der Waals surface area contributed by atoms with Crippen molar-refractivity contribution in [1.82, 2.24) is 15.6 Å². The molecule has 31 heavy (non-hydrogen) atoms. The molecule has 0 unspecified atom stereocenters. The van der Waals surface area contributed by atoms with Gasteiger partial charge in [0.15, 0.2) is 0 Å². The van der Waals surface area contributed by atoms with E-state index in [0.717, 1.165) is 30.5 Å². The number of fused-ring (bicyclic) bond motifs is 4. The molecule has 0 fully saturated rings. The fourth-order valence-corrected chi connectivity index (χ4v) is 4.62. The Morgan fingerprint density at radius 1 is 1.06 bits per heavy atom. The van der Waals surface area contributed by atoms with Gasteiger partial charge in [0.25, 0.3) is 5.91 Å². The zero-order valence-electron chi connectivity index (χ0n) is 17.0. The number of carbonyl (C=O) groups is 3. The van der Waals surface area contributed by atoms with Gasteiger partial charge in [-0.05, 0) is 49.4 Å². The number of anilines is 1. The number of amides is 3. The molecule has 0 spiro atoms. The van der Waals surface area contributed by atoms with Crippen molar-refractivity contribution in [3.05, 3.63) is 65.4 Å². The monoisotopic (exact) mass is 416 g/mol. The Morgan fingerprint density at radius 2 is 1.87 bits per heavy atom. The molecule has 1 aliphatic carbocycles. The molecule has 5 rings (SSSR count). The van der Waals surface area contributed by atoms with Crippen LogP contribution in [0.3, 0.4) is 0 Å². The fourth-order valence-electron chi connectivity index (χ4n) is 4.62. The Hall–Kier alpha value is -3.61. The van der Waals surface area contributed by atoms with E-state index in [1.165, 1.54) is 10.9 Å². The summed E-state index contributed by atoms with van der Waals surface area (Å²) in [7, 11) is 0. The topological polar surface area (TPSA) is 103 Å². The number of hydrogen-bond acceptors (Lipinski definition) is 3. The van der Waals surface area contributed by atoms with Gasteiger partial charge in [-0.15, -0.1) is 0 Å². The van der Waals surface area contributed by atoms with Crippen LogP contribution in [-0.2, 0) is 16.0 Å². The molecule has 7 nitrogen and oxygen atoms in total. The smallest absolute Gasteiger partial charge is 0.254 e. The van der Waals surface area contributed by atoms with Gasteiger partial charge in [-0.2, -0.15) is 0 Å². The quantitative estimate of drug-likeness (QED) is 0.525. The van der Waals surface area contributed by atoms with Crippen molar-refractivity contribution in [3.63, 3.8) is 0 Å². The Kier molecular flexibility index (Phi) is 4.94. The third-order valence-corrected chi connectivity index (χ3v) is 6.16. The normalized spacial score (nSPS) is 20.3. The van der Waals surface area contributed by atoms with E-state index in [0.29, 0.717) is 11.3 Å². The molecule has 0 saturated carbocycles. The Balaban J connectivity index is 1.24. The van der Waals surface area contributed by atoms with Crippen LogP contribution in [0.5, 0.6) is 0 Å². The number of H-pyrrole nitrogens is 1.